The first-order valence-corrected chi connectivity index (χ1v) is 9.72. The summed E-state index contributed by atoms with van der Waals surface area (Å²) in [5, 5.41) is 3.09. The number of carbonyl (C=O) groups is 2. The number of nitrogens with one attached hydrogen (secondary N) is 2. The third kappa shape index (κ3) is 3.72. The fraction of sp³-hybridized carbons (Fsp3) is 0.273. The summed E-state index contributed by atoms with van der Waals surface area (Å²) in [6, 6.07) is 8.84. The zero-order chi connectivity index (χ0) is 21.4. The van der Waals surface area contributed by atoms with E-state index in [1.54, 1.807) is 17.0 Å². The second-order valence-electron chi connectivity index (χ2n) is 7.45. The molecule has 0 saturated carbocycles. The normalized spacial score (nSPS) is 14.3. The van der Waals surface area contributed by atoms with Crippen LogP contribution in [0.15, 0.2) is 36.4 Å². The zero-order valence-corrected chi connectivity index (χ0v) is 16.8. The van der Waals surface area contributed by atoms with Crippen LogP contribution in [0.1, 0.15) is 23.0 Å². The average Bonchev–Trinajstić information content (AvgIpc) is 3.19. The van der Waals surface area contributed by atoms with Gasteiger partial charge in [-0.1, -0.05) is 6.07 Å². The summed E-state index contributed by atoms with van der Waals surface area (Å²) in [5.74, 6) is -1.24. The molecule has 1 aliphatic rings. The van der Waals surface area contributed by atoms with Gasteiger partial charge in [0.2, 0.25) is 5.91 Å². The van der Waals surface area contributed by atoms with Crippen molar-refractivity contribution in [1.29, 1.82) is 0 Å². The molecule has 2 heterocycles. The predicted octanol–water partition coefficient (Wildman–Crippen LogP) is 3.68. The van der Waals surface area contributed by atoms with Crippen LogP contribution in [0.4, 0.5) is 20.2 Å². The Hall–Kier alpha value is -3.42. The number of carbonyl (C=O) groups excluding carboxylic acids is 2. The lowest BCUT2D eigenvalue weighted by atomic mass is 10.1. The molecule has 0 aliphatic carbocycles. The third-order valence-electron chi connectivity index (χ3n) is 5.46. The number of amides is 2. The molecule has 1 aromatic heterocycles. The van der Waals surface area contributed by atoms with E-state index >= 15 is 0 Å². The summed E-state index contributed by atoms with van der Waals surface area (Å²) in [6.07, 6.45) is 0. The van der Waals surface area contributed by atoms with E-state index in [1.165, 1.54) is 31.2 Å². The Kier molecular flexibility index (Phi) is 5.15. The quantitative estimate of drug-likeness (QED) is 0.690. The van der Waals surface area contributed by atoms with Crippen molar-refractivity contribution in [2.24, 2.45) is 0 Å². The highest BCUT2D eigenvalue weighted by Gasteiger charge is 2.21. The Balaban J connectivity index is 1.53. The largest absolute Gasteiger partial charge is 0.366 e. The highest BCUT2D eigenvalue weighted by atomic mass is 19.1. The first-order valence-electron chi connectivity index (χ1n) is 9.72. The van der Waals surface area contributed by atoms with E-state index in [-0.39, 0.29) is 11.6 Å². The number of nitrogens with zero attached hydrogens (tertiary/aromatic N) is 2. The average molecular weight is 412 g/mol. The van der Waals surface area contributed by atoms with Crippen molar-refractivity contribution in [3.63, 3.8) is 0 Å². The Morgan fingerprint density at radius 2 is 1.70 bits per heavy atom. The molecular weight excluding hydrogens is 390 g/mol. The van der Waals surface area contributed by atoms with Crippen molar-refractivity contribution in [1.82, 2.24) is 9.88 Å². The van der Waals surface area contributed by atoms with E-state index in [0.717, 1.165) is 5.56 Å². The van der Waals surface area contributed by atoms with Gasteiger partial charge in [-0.2, -0.15) is 0 Å². The first-order chi connectivity index (χ1) is 14.3. The van der Waals surface area contributed by atoms with Crippen LogP contribution >= 0.6 is 0 Å². The van der Waals surface area contributed by atoms with Crippen LogP contribution in [0.5, 0.6) is 0 Å². The lowest BCUT2D eigenvalue weighted by Gasteiger charge is -2.35. The number of hydrogen-bond acceptors (Lipinski definition) is 3. The van der Waals surface area contributed by atoms with Gasteiger partial charge in [0.15, 0.2) is 0 Å². The molecule has 2 aromatic carbocycles. The van der Waals surface area contributed by atoms with Gasteiger partial charge in [0, 0.05) is 44.2 Å². The molecule has 1 aliphatic heterocycles. The van der Waals surface area contributed by atoms with Gasteiger partial charge in [-0.05, 0) is 42.8 Å². The van der Waals surface area contributed by atoms with Crippen LogP contribution < -0.4 is 10.2 Å². The van der Waals surface area contributed by atoms with Gasteiger partial charge in [-0.15, -0.1) is 0 Å². The molecule has 2 N–H and O–H groups in total. The van der Waals surface area contributed by atoms with Crippen LogP contribution in [-0.4, -0.2) is 47.9 Å². The van der Waals surface area contributed by atoms with E-state index in [1.807, 2.05) is 11.8 Å². The third-order valence-corrected chi connectivity index (χ3v) is 5.46. The number of aromatic nitrogens is 1. The topological polar surface area (TPSA) is 68.4 Å². The molecule has 1 fully saturated rings. The van der Waals surface area contributed by atoms with Gasteiger partial charge in [0.25, 0.3) is 5.91 Å². The monoisotopic (exact) mass is 412 g/mol. The molecule has 0 bridgehead atoms. The van der Waals surface area contributed by atoms with E-state index < -0.39 is 17.5 Å². The fourth-order valence-electron chi connectivity index (χ4n) is 3.74. The predicted molar refractivity (Wildman–Crippen MR) is 112 cm³/mol. The molecule has 6 nitrogen and oxygen atoms in total. The molecular formula is C22H22F2N4O2. The number of H-pyrrole nitrogens is 1. The number of halogens is 2. The smallest absolute Gasteiger partial charge is 0.272 e. The number of rotatable bonds is 3. The van der Waals surface area contributed by atoms with Gasteiger partial charge >= 0.3 is 0 Å². The first kappa shape index (κ1) is 19.9. The second kappa shape index (κ2) is 7.78. The standard InChI is InChI=1S/C22H22F2N4O2/c1-13-3-5-17(23)16-12-19(26-21(13)16)22(30)25-15-4-6-18(24)20(11-15)28-9-7-27(8-10-28)14(2)29/h3-6,11-12,26H,7-10H2,1-2H3,(H,25,30). The molecule has 0 atom stereocenters. The van der Waals surface area contributed by atoms with E-state index in [4.69, 9.17) is 0 Å². The summed E-state index contributed by atoms with van der Waals surface area (Å²) < 4.78 is 28.4. The molecule has 2 amide bonds. The molecule has 156 valence electrons. The maximum atomic E-state index is 14.4. The summed E-state index contributed by atoms with van der Waals surface area (Å²) in [4.78, 5) is 30.7. The highest BCUT2D eigenvalue weighted by molar-refractivity contribution is 6.06. The summed E-state index contributed by atoms with van der Waals surface area (Å²) in [5.41, 5.74) is 2.43. The molecule has 1 saturated heterocycles. The lowest BCUT2D eigenvalue weighted by molar-refractivity contribution is -0.129. The van der Waals surface area contributed by atoms with Gasteiger partial charge in [0.05, 0.1) is 11.2 Å². The van der Waals surface area contributed by atoms with E-state index in [0.29, 0.717) is 48.5 Å². The molecule has 0 spiro atoms. The Labute approximate surface area is 172 Å². The molecule has 0 radical (unpaired) electrons. The van der Waals surface area contributed by atoms with Crippen molar-refractivity contribution in [2.45, 2.75) is 13.8 Å². The van der Waals surface area contributed by atoms with Crippen molar-refractivity contribution in [3.05, 3.63) is 59.3 Å². The van der Waals surface area contributed by atoms with Crippen LogP contribution in [0.25, 0.3) is 10.9 Å². The van der Waals surface area contributed by atoms with E-state index in [2.05, 4.69) is 10.3 Å². The zero-order valence-electron chi connectivity index (χ0n) is 16.8. The van der Waals surface area contributed by atoms with Crippen LogP contribution in [-0.2, 0) is 4.79 Å². The Morgan fingerprint density at radius 3 is 2.37 bits per heavy atom. The molecule has 4 rings (SSSR count). The number of benzene rings is 2. The van der Waals surface area contributed by atoms with Crippen LogP contribution in [0.3, 0.4) is 0 Å². The van der Waals surface area contributed by atoms with E-state index in [9.17, 15) is 18.4 Å². The minimum atomic E-state index is -0.441. The summed E-state index contributed by atoms with van der Waals surface area (Å²) in [6.45, 7) is 5.40. The molecule has 0 unspecified atom stereocenters. The number of anilines is 2. The number of aromatic amines is 1. The number of fused-ring (bicyclic) bond motifs is 1. The minimum Gasteiger partial charge on any atom is -0.366 e. The van der Waals surface area contributed by atoms with Crippen LogP contribution in [0.2, 0.25) is 0 Å². The van der Waals surface area contributed by atoms with Gasteiger partial charge in [0.1, 0.15) is 17.3 Å². The number of piperazine rings is 1. The maximum Gasteiger partial charge on any atom is 0.272 e. The van der Waals surface area contributed by atoms with Crippen molar-refractivity contribution >= 4 is 34.1 Å². The maximum absolute atomic E-state index is 14.4. The van der Waals surface area contributed by atoms with Crippen molar-refractivity contribution in [3.8, 4) is 0 Å². The Bertz CT molecular complexity index is 1090. The fourth-order valence-corrected chi connectivity index (χ4v) is 3.74. The van der Waals surface area contributed by atoms with Gasteiger partial charge in [-0.3, -0.25) is 9.59 Å². The van der Waals surface area contributed by atoms with Crippen molar-refractivity contribution < 1.29 is 18.4 Å². The molecule has 3 aromatic rings. The second-order valence-corrected chi connectivity index (χ2v) is 7.45. The molecule has 8 heteroatoms. The SMILES string of the molecule is CC(=O)N1CCN(c2cc(NC(=O)c3cc4c(F)ccc(C)c4[nH]3)ccc2F)CC1. The Morgan fingerprint density at radius 1 is 1.00 bits per heavy atom. The van der Waals surface area contributed by atoms with Crippen molar-refractivity contribution in [2.75, 3.05) is 36.4 Å². The summed E-state index contributed by atoms with van der Waals surface area (Å²) >= 11 is 0. The minimum absolute atomic E-state index is 0.00106. The summed E-state index contributed by atoms with van der Waals surface area (Å²) in [7, 11) is 0. The van der Waals surface area contributed by atoms with Gasteiger partial charge in [-0.25, -0.2) is 8.78 Å². The number of hydrogen-bond donors (Lipinski definition) is 2. The lowest BCUT2D eigenvalue weighted by Crippen LogP contribution is -2.48. The number of aryl methyl sites for hydroxylation is 1. The molecule has 30 heavy (non-hydrogen) atoms. The highest BCUT2D eigenvalue weighted by Crippen LogP contribution is 2.26. The van der Waals surface area contributed by atoms with Gasteiger partial charge < -0.3 is 20.1 Å². The van der Waals surface area contributed by atoms with Crippen LogP contribution in [0, 0.1) is 18.6 Å².